The van der Waals surface area contributed by atoms with Crippen molar-refractivity contribution in [1.29, 1.82) is 0 Å². The van der Waals surface area contributed by atoms with Gasteiger partial charge >= 0.3 is 0 Å². The number of ether oxygens (including phenoxy) is 2. The molecule has 3 aromatic rings. The van der Waals surface area contributed by atoms with Crippen molar-refractivity contribution in [3.63, 3.8) is 0 Å². The second-order valence-corrected chi connectivity index (χ2v) is 5.90. The Hall–Kier alpha value is -3.27. The Labute approximate surface area is 153 Å². The molecule has 0 saturated heterocycles. The highest BCUT2D eigenvalue weighted by Crippen LogP contribution is 2.29. The van der Waals surface area contributed by atoms with Gasteiger partial charge in [-0.25, -0.2) is 0 Å². The smallest absolute Gasteiger partial charge is 0.262 e. The number of benzene rings is 3. The van der Waals surface area contributed by atoms with E-state index < -0.39 is 0 Å². The fraction of sp³-hybridized carbons (Fsp3) is 0.136. The summed E-state index contributed by atoms with van der Waals surface area (Å²) >= 11 is 0. The van der Waals surface area contributed by atoms with Crippen LogP contribution in [0.15, 0.2) is 72.8 Å². The molecule has 0 aliphatic carbocycles. The van der Waals surface area contributed by atoms with E-state index in [1.165, 1.54) is 0 Å². The van der Waals surface area contributed by atoms with E-state index >= 15 is 0 Å². The molecule has 0 atom stereocenters. The van der Waals surface area contributed by atoms with E-state index in [4.69, 9.17) is 9.47 Å². The van der Waals surface area contributed by atoms with Crippen LogP contribution in [0, 0.1) is 6.92 Å². The van der Waals surface area contributed by atoms with E-state index in [-0.39, 0.29) is 12.5 Å². The molecule has 3 rings (SSSR count). The number of nitrogens with one attached hydrogen (secondary N) is 1. The lowest BCUT2D eigenvalue weighted by molar-refractivity contribution is -0.118. The van der Waals surface area contributed by atoms with Crippen LogP contribution in [0.4, 0.5) is 5.69 Å². The lowest BCUT2D eigenvalue weighted by Crippen LogP contribution is -2.20. The second-order valence-electron chi connectivity index (χ2n) is 5.90. The number of anilines is 1. The minimum absolute atomic E-state index is 0.0948. The van der Waals surface area contributed by atoms with Gasteiger partial charge in [0.1, 0.15) is 0 Å². The summed E-state index contributed by atoms with van der Waals surface area (Å²) in [6.07, 6.45) is 0. The van der Waals surface area contributed by atoms with Crippen molar-refractivity contribution in [2.45, 2.75) is 6.92 Å². The van der Waals surface area contributed by atoms with Gasteiger partial charge in [-0.2, -0.15) is 0 Å². The number of carbonyl (C=O) groups excluding carboxylic acids is 1. The third-order valence-corrected chi connectivity index (χ3v) is 3.96. The molecule has 4 nitrogen and oxygen atoms in total. The predicted octanol–water partition coefficient (Wildman–Crippen LogP) is 4.69. The Morgan fingerprint density at radius 1 is 0.923 bits per heavy atom. The summed E-state index contributed by atoms with van der Waals surface area (Å²) in [7, 11) is 1.57. The zero-order chi connectivity index (χ0) is 18.4. The average Bonchev–Trinajstić information content (AvgIpc) is 2.68. The van der Waals surface area contributed by atoms with Gasteiger partial charge in [-0.1, -0.05) is 54.1 Å². The molecule has 1 N–H and O–H groups in total. The molecule has 26 heavy (non-hydrogen) atoms. The molecule has 0 spiro atoms. The molecule has 132 valence electrons. The molecule has 0 bridgehead atoms. The van der Waals surface area contributed by atoms with Crippen LogP contribution < -0.4 is 14.8 Å². The van der Waals surface area contributed by atoms with Crippen molar-refractivity contribution in [2.75, 3.05) is 19.0 Å². The largest absolute Gasteiger partial charge is 0.493 e. The summed E-state index contributed by atoms with van der Waals surface area (Å²) in [6, 6.07) is 23.2. The number of carbonyl (C=O) groups is 1. The van der Waals surface area contributed by atoms with Crippen LogP contribution in [-0.2, 0) is 4.79 Å². The molecule has 1 amide bonds. The third kappa shape index (κ3) is 4.22. The van der Waals surface area contributed by atoms with E-state index in [2.05, 4.69) is 11.4 Å². The van der Waals surface area contributed by atoms with Crippen molar-refractivity contribution >= 4 is 11.6 Å². The van der Waals surface area contributed by atoms with E-state index in [0.717, 1.165) is 22.4 Å². The van der Waals surface area contributed by atoms with E-state index in [9.17, 15) is 4.79 Å². The van der Waals surface area contributed by atoms with Crippen LogP contribution in [0.3, 0.4) is 0 Å². The van der Waals surface area contributed by atoms with Crippen LogP contribution >= 0.6 is 0 Å². The van der Waals surface area contributed by atoms with Gasteiger partial charge in [0.15, 0.2) is 18.1 Å². The third-order valence-electron chi connectivity index (χ3n) is 3.96. The topological polar surface area (TPSA) is 47.6 Å². The van der Waals surface area contributed by atoms with Gasteiger partial charge in [0, 0.05) is 11.3 Å². The van der Waals surface area contributed by atoms with Gasteiger partial charge in [0.25, 0.3) is 5.91 Å². The maximum Gasteiger partial charge on any atom is 0.262 e. The molecule has 3 aromatic carbocycles. The molecule has 0 aliphatic rings. The molecule has 0 heterocycles. The minimum atomic E-state index is -0.225. The number of methoxy groups -OCH3 is 1. The summed E-state index contributed by atoms with van der Waals surface area (Å²) in [6.45, 7) is 1.94. The average molecular weight is 347 g/mol. The summed E-state index contributed by atoms with van der Waals surface area (Å²) in [5.41, 5.74) is 3.93. The number of hydrogen-bond acceptors (Lipinski definition) is 3. The van der Waals surface area contributed by atoms with Crippen LogP contribution in [0.1, 0.15) is 5.56 Å². The number of amides is 1. The monoisotopic (exact) mass is 347 g/mol. The van der Waals surface area contributed by atoms with Crippen molar-refractivity contribution in [3.8, 4) is 22.6 Å². The Morgan fingerprint density at radius 3 is 2.35 bits per heavy atom. The van der Waals surface area contributed by atoms with Gasteiger partial charge in [0.2, 0.25) is 0 Å². The molecular weight excluding hydrogens is 326 g/mol. The van der Waals surface area contributed by atoms with Crippen molar-refractivity contribution < 1.29 is 14.3 Å². The van der Waals surface area contributed by atoms with Crippen molar-refractivity contribution in [1.82, 2.24) is 0 Å². The van der Waals surface area contributed by atoms with E-state index in [0.29, 0.717) is 11.5 Å². The highest BCUT2D eigenvalue weighted by atomic mass is 16.5. The minimum Gasteiger partial charge on any atom is -0.493 e. The Bertz CT molecular complexity index is 891. The van der Waals surface area contributed by atoms with Gasteiger partial charge in [0.05, 0.1) is 7.11 Å². The zero-order valence-electron chi connectivity index (χ0n) is 14.9. The lowest BCUT2D eigenvalue weighted by atomic mass is 10.0. The van der Waals surface area contributed by atoms with Gasteiger partial charge in [-0.05, 0) is 36.8 Å². The van der Waals surface area contributed by atoms with Gasteiger partial charge in [-0.15, -0.1) is 0 Å². The van der Waals surface area contributed by atoms with Crippen LogP contribution in [0.25, 0.3) is 11.1 Å². The molecule has 0 radical (unpaired) electrons. The number of rotatable bonds is 6. The summed E-state index contributed by atoms with van der Waals surface area (Å²) in [4.78, 5) is 12.4. The first-order valence-corrected chi connectivity index (χ1v) is 8.39. The fourth-order valence-corrected chi connectivity index (χ4v) is 2.69. The first kappa shape index (κ1) is 17.5. The summed E-state index contributed by atoms with van der Waals surface area (Å²) in [5, 5.41) is 2.94. The standard InChI is InChI=1S/C22H21NO3/c1-16-12-13-19(18(14-16)17-8-4-3-5-9-17)23-22(24)15-26-21-11-7-6-10-20(21)25-2/h3-14H,15H2,1-2H3,(H,23,24). The van der Waals surface area contributed by atoms with Crippen molar-refractivity contribution in [3.05, 3.63) is 78.4 Å². The van der Waals surface area contributed by atoms with Crippen molar-refractivity contribution in [2.24, 2.45) is 0 Å². The highest BCUT2D eigenvalue weighted by molar-refractivity contribution is 5.96. The van der Waals surface area contributed by atoms with Crippen LogP contribution in [-0.4, -0.2) is 19.6 Å². The molecule has 4 heteroatoms. The maximum absolute atomic E-state index is 12.4. The first-order chi connectivity index (χ1) is 12.7. The predicted molar refractivity (Wildman–Crippen MR) is 104 cm³/mol. The Kier molecular flexibility index (Phi) is 5.54. The van der Waals surface area contributed by atoms with Crippen LogP contribution in [0.2, 0.25) is 0 Å². The molecule has 0 saturated carbocycles. The normalized spacial score (nSPS) is 10.2. The fourth-order valence-electron chi connectivity index (χ4n) is 2.69. The number of aryl methyl sites for hydroxylation is 1. The molecule has 0 aliphatic heterocycles. The maximum atomic E-state index is 12.4. The molecular formula is C22H21NO3. The molecule has 0 fully saturated rings. The van der Waals surface area contributed by atoms with Crippen LogP contribution in [0.5, 0.6) is 11.5 Å². The van der Waals surface area contributed by atoms with E-state index in [1.807, 2.05) is 61.5 Å². The number of para-hydroxylation sites is 2. The van der Waals surface area contributed by atoms with E-state index in [1.54, 1.807) is 19.2 Å². The quantitative estimate of drug-likeness (QED) is 0.704. The number of hydrogen-bond donors (Lipinski definition) is 1. The highest BCUT2D eigenvalue weighted by Gasteiger charge is 2.11. The summed E-state index contributed by atoms with van der Waals surface area (Å²) < 4.78 is 10.8. The first-order valence-electron chi connectivity index (χ1n) is 8.39. The van der Waals surface area contributed by atoms with Gasteiger partial charge < -0.3 is 14.8 Å². The second kappa shape index (κ2) is 8.21. The van der Waals surface area contributed by atoms with Gasteiger partial charge in [-0.3, -0.25) is 4.79 Å². The molecule has 0 aromatic heterocycles. The zero-order valence-corrected chi connectivity index (χ0v) is 14.9. The SMILES string of the molecule is COc1ccccc1OCC(=O)Nc1ccc(C)cc1-c1ccccc1. The summed E-state index contributed by atoms with van der Waals surface area (Å²) in [5.74, 6) is 0.912. The lowest BCUT2D eigenvalue weighted by Gasteiger charge is -2.14. The molecule has 0 unspecified atom stereocenters. The Morgan fingerprint density at radius 2 is 1.62 bits per heavy atom. The Balaban J connectivity index is 1.74.